The van der Waals surface area contributed by atoms with Gasteiger partial charge in [-0.25, -0.2) is 0 Å². The Hall–Kier alpha value is -5.64. The monoisotopic (exact) mass is 816 g/mol. The van der Waals surface area contributed by atoms with Crippen LogP contribution >= 0.6 is 0 Å². The maximum Gasteiger partial charge on any atom is 0.245 e. The van der Waals surface area contributed by atoms with Crippen LogP contribution in [0.4, 0.5) is 5.69 Å². The predicted molar refractivity (Wildman–Crippen MR) is 222 cm³/mol. The van der Waals surface area contributed by atoms with Crippen LogP contribution in [0.25, 0.3) is 0 Å². The van der Waals surface area contributed by atoms with Gasteiger partial charge in [0.05, 0.1) is 18.2 Å². The number of nitrogens with two attached hydrogens (primary N) is 1. The van der Waals surface area contributed by atoms with Gasteiger partial charge in [-0.2, -0.15) is 0 Å². The van der Waals surface area contributed by atoms with Crippen LogP contribution in [0, 0.1) is 5.92 Å². The highest BCUT2D eigenvalue weighted by Gasteiger charge is 2.38. The van der Waals surface area contributed by atoms with E-state index in [0.29, 0.717) is 92.5 Å². The van der Waals surface area contributed by atoms with Crippen molar-refractivity contribution >= 4 is 52.7 Å². The normalized spacial score (nSPS) is 16.5. The van der Waals surface area contributed by atoms with Crippen molar-refractivity contribution in [2.45, 2.75) is 116 Å². The van der Waals surface area contributed by atoms with Crippen LogP contribution in [0.5, 0.6) is 0 Å². The van der Waals surface area contributed by atoms with Gasteiger partial charge in [0.1, 0.15) is 24.2 Å². The van der Waals surface area contributed by atoms with Crippen molar-refractivity contribution in [2.75, 3.05) is 31.5 Å². The highest BCUT2D eigenvalue weighted by atomic mass is 16.2. The summed E-state index contributed by atoms with van der Waals surface area (Å²) < 4.78 is 0. The first-order valence-corrected chi connectivity index (χ1v) is 20.7. The number of likely N-dealkylation sites (tertiary alicyclic amines) is 1. The van der Waals surface area contributed by atoms with Crippen molar-refractivity contribution in [1.29, 1.82) is 0 Å². The van der Waals surface area contributed by atoms with Crippen molar-refractivity contribution in [1.82, 2.24) is 31.5 Å². The number of hydrogen-bond donors (Lipinski definition) is 7. The number of amides is 6. The topological polar surface area (TPSA) is 238 Å². The molecule has 0 bridgehead atoms. The number of fused-ring (bicyclic) bond motifs is 2. The van der Waals surface area contributed by atoms with E-state index >= 15 is 0 Å². The van der Waals surface area contributed by atoms with Gasteiger partial charge >= 0.3 is 0 Å². The summed E-state index contributed by atoms with van der Waals surface area (Å²) in [4.78, 5) is 107. The van der Waals surface area contributed by atoms with Crippen LogP contribution < -0.4 is 37.6 Å². The number of carbonyl (C=O) groups excluding carboxylic acids is 8. The van der Waals surface area contributed by atoms with Crippen LogP contribution in [-0.4, -0.2) is 108 Å². The zero-order valence-corrected chi connectivity index (χ0v) is 34.8. The van der Waals surface area contributed by atoms with E-state index in [1.807, 2.05) is 27.7 Å². The predicted octanol–water partition coefficient (Wildman–Crippen LogP) is 1.94. The molecule has 6 amide bonds. The third-order valence-electron chi connectivity index (χ3n) is 10.4. The zero-order valence-electron chi connectivity index (χ0n) is 34.8. The lowest BCUT2D eigenvalue weighted by Crippen LogP contribution is -2.57. The molecule has 5 atom stereocenters. The van der Waals surface area contributed by atoms with Crippen molar-refractivity contribution in [2.24, 2.45) is 11.7 Å². The Balaban J connectivity index is 1.28. The molecule has 4 rings (SSSR count). The van der Waals surface area contributed by atoms with E-state index < -0.39 is 60.4 Å². The SMILES string of the molecule is CCC[C@H](NC(=O)[C@H](C)N)C(=O)N[C@@H](CCC)C(=O)NCC(=O)N[C@@H](CC(C)C)C(=O)N1CCC[C@H]1C(=O)NCCCNc1cccc2c1C(=O)c1ccccc1C2=O. The van der Waals surface area contributed by atoms with Gasteiger partial charge in [0.25, 0.3) is 0 Å². The minimum Gasteiger partial charge on any atom is -0.384 e. The molecule has 0 aromatic heterocycles. The molecule has 16 heteroatoms. The summed E-state index contributed by atoms with van der Waals surface area (Å²) >= 11 is 0. The van der Waals surface area contributed by atoms with Gasteiger partial charge in [-0.15, -0.1) is 0 Å². The van der Waals surface area contributed by atoms with E-state index in [9.17, 15) is 38.4 Å². The fourth-order valence-electron chi connectivity index (χ4n) is 7.36. The van der Waals surface area contributed by atoms with Gasteiger partial charge in [-0.05, 0) is 57.4 Å². The third kappa shape index (κ3) is 12.2. The van der Waals surface area contributed by atoms with Gasteiger partial charge in [0.2, 0.25) is 35.4 Å². The van der Waals surface area contributed by atoms with Gasteiger partial charge in [0.15, 0.2) is 11.6 Å². The summed E-state index contributed by atoms with van der Waals surface area (Å²) in [7, 11) is 0. The molecule has 0 saturated carbocycles. The first kappa shape index (κ1) is 46.1. The molecule has 59 heavy (non-hydrogen) atoms. The number of rotatable bonds is 21. The molecule has 0 unspecified atom stereocenters. The summed E-state index contributed by atoms with van der Waals surface area (Å²) in [6.07, 6.45) is 3.66. The maximum absolute atomic E-state index is 13.9. The summed E-state index contributed by atoms with van der Waals surface area (Å²) in [5.74, 6) is -3.32. The quantitative estimate of drug-likeness (QED) is 0.0772. The Labute approximate surface area is 345 Å². The van der Waals surface area contributed by atoms with Crippen LogP contribution in [0.3, 0.4) is 0 Å². The molecule has 1 saturated heterocycles. The Morgan fingerprint density at radius 3 is 2.02 bits per heavy atom. The second kappa shape index (κ2) is 21.9. The second-order valence-electron chi connectivity index (χ2n) is 15.6. The summed E-state index contributed by atoms with van der Waals surface area (Å²) in [5.41, 5.74) is 7.62. The fraction of sp³-hybridized carbons (Fsp3) is 0.535. The largest absolute Gasteiger partial charge is 0.384 e. The fourth-order valence-corrected chi connectivity index (χ4v) is 7.36. The maximum atomic E-state index is 13.9. The highest BCUT2D eigenvalue weighted by molar-refractivity contribution is 6.30. The molecule has 320 valence electrons. The first-order chi connectivity index (χ1) is 28.2. The van der Waals surface area contributed by atoms with Crippen LogP contribution in [0.15, 0.2) is 42.5 Å². The average Bonchev–Trinajstić information content (AvgIpc) is 3.71. The van der Waals surface area contributed by atoms with E-state index in [1.165, 1.54) is 11.8 Å². The molecular weight excluding hydrogens is 757 g/mol. The third-order valence-corrected chi connectivity index (χ3v) is 10.4. The molecule has 2 aromatic carbocycles. The average molecular weight is 817 g/mol. The minimum atomic E-state index is -0.962. The summed E-state index contributed by atoms with van der Waals surface area (Å²) in [6.45, 7) is 9.63. The molecule has 1 fully saturated rings. The Morgan fingerprint density at radius 1 is 0.746 bits per heavy atom. The minimum absolute atomic E-state index is 0.0163. The van der Waals surface area contributed by atoms with E-state index in [1.54, 1.807) is 42.5 Å². The lowest BCUT2D eigenvalue weighted by molar-refractivity contribution is -0.141. The Kier molecular flexibility index (Phi) is 17.1. The van der Waals surface area contributed by atoms with E-state index in [-0.39, 0.29) is 35.7 Å². The summed E-state index contributed by atoms with van der Waals surface area (Å²) in [6, 6.07) is 7.56. The van der Waals surface area contributed by atoms with E-state index in [0.717, 1.165) is 0 Å². The van der Waals surface area contributed by atoms with Crippen molar-refractivity contribution < 1.29 is 38.4 Å². The zero-order chi connectivity index (χ0) is 43.2. The Bertz CT molecular complexity index is 1880. The molecule has 0 spiro atoms. The first-order valence-electron chi connectivity index (χ1n) is 20.7. The molecular formula is C43H60N8O8. The highest BCUT2D eigenvalue weighted by Crippen LogP contribution is 2.32. The number of benzene rings is 2. The van der Waals surface area contributed by atoms with Crippen molar-refractivity contribution in [3.8, 4) is 0 Å². The number of hydrogen-bond acceptors (Lipinski definition) is 10. The van der Waals surface area contributed by atoms with Gasteiger partial charge in [-0.1, -0.05) is 76.9 Å². The molecule has 2 aromatic rings. The lowest BCUT2D eigenvalue weighted by Gasteiger charge is -2.29. The number of nitrogens with zero attached hydrogens (tertiary/aromatic N) is 1. The van der Waals surface area contributed by atoms with Crippen LogP contribution in [-0.2, 0) is 28.8 Å². The van der Waals surface area contributed by atoms with Gasteiger partial charge < -0.3 is 42.5 Å². The molecule has 16 nitrogen and oxygen atoms in total. The molecule has 2 aliphatic rings. The van der Waals surface area contributed by atoms with Gasteiger partial charge in [0, 0.05) is 42.0 Å². The number of anilines is 1. The molecule has 0 radical (unpaired) electrons. The Morgan fingerprint density at radius 2 is 1.37 bits per heavy atom. The molecule has 1 heterocycles. The van der Waals surface area contributed by atoms with E-state index in [4.69, 9.17) is 5.73 Å². The molecule has 1 aliphatic carbocycles. The number of nitrogens with one attached hydrogen (secondary N) is 6. The van der Waals surface area contributed by atoms with Gasteiger partial charge in [-0.3, -0.25) is 38.4 Å². The molecule has 8 N–H and O–H groups in total. The van der Waals surface area contributed by atoms with Crippen molar-refractivity contribution in [3.05, 3.63) is 64.7 Å². The number of ketones is 2. The molecule has 1 aliphatic heterocycles. The lowest BCUT2D eigenvalue weighted by atomic mass is 9.83. The van der Waals surface area contributed by atoms with Crippen molar-refractivity contribution in [3.63, 3.8) is 0 Å². The summed E-state index contributed by atoms with van der Waals surface area (Å²) in [5, 5.41) is 16.8. The standard InChI is InChI=1S/C43H60N8O8/c1-6-13-31(50-41(57)32(14-7-2)49-39(55)26(5)44)40(56)47-24-35(52)48-33(23-25(3)4)43(59)51-22-11-19-34(51)42(58)46-21-12-20-45-30-18-10-17-29-36(30)38(54)28-16-9-8-15-27(28)37(29)53/h8-10,15-18,25-26,31-34,45H,6-7,11-14,19-24,44H2,1-5H3,(H,46,58)(H,47,56)(H,48,52)(H,49,55)(H,50,57)/t26-,31-,32-,33-,34-/m0/s1. The van der Waals surface area contributed by atoms with E-state index in [2.05, 4.69) is 31.9 Å². The van der Waals surface area contributed by atoms with Crippen LogP contribution in [0.2, 0.25) is 0 Å². The smallest absolute Gasteiger partial charge is 0.245 e. The van der Waals surface area contributed by atoms with Crippen LogP contribution in [0.1, 0.15) is 118 Å². The second-order valence-corrected chi connectivity index (χ2v) is 15.6. The number of carbonyl (C=O) groups is 8.